The molecule has 4 nitrogen and oxygen atoms in total. The molecule has 0 aliphatic carbocycles. The van der Waals surface area contributed by atoms with Gasteiger partial charge in [-0.15, -0.1) is 0 Å². The fourth-order valence-electron chi connectivity index (χ4n) is 2.54. The van der Waals surface area contributed by atoms with Crippen LogP contribution in [0.15, 0.2) is 34.8 Å². The van der Waals surface area contributed by atoms with Crippen LogP contribution in [0.1, 0.15) is 45.2 Å². The lowest BCUT2D eigenvalue weighted by Gasteiger charge is -2.13. The maximum absolute atomic E-state index is 12.2. The Kier molecular flexibility index (Phi) is 6.93. The molecular weight excluding hydrogens is 346 g/mol. The summed E-state index contributed by atoms with van der Waals surface area (Å²) in [5, 5.41) is 9.48. The molecule has 1 atom stereocenters. The fraction of sp³-hybridized carbons (Fsp3) is 0.429. The van der Waals surface area contributed by atoms with Crippen LogP contribution in [0, 0.1) is 23.2 Å². The minimum atomic E-state index is -0.315. The standard InChI is InChI=1S/C21H25NO3S/c1-13(2)12-25-18-8-7-16(10-17(18)11-22)19-9-6-14(3)15(4)20(26-19)21(23)24-5/h7-10,13-14H,6,12H2,1-5H3. The van der Waals surface area contributed by atoms with Crippen molar-refractivity contribution in [3.63, 3.8) is 0 Å². The van der Waals surface area contributed by atoms with Gasteiger partial charge in [0.15, 0.2) is 0 Å². The second-order valence-electron chi connectivity index (χ2n) is 6.84. The van der Waals surface area contributed by atoms with E-state index < -0.39 is 0 Å². The van der Waals surface area contributed by atoms with Crippen LogP contribution in [-0.4, -0.2) is 19.7 Å². The molecule has 0 amide bonds. The van der Waals surface area contributed by atoms with Crippen LogP contribution in [0.3, 0.4) is 0 Å². The third kappa shape index (κ3) is 4.70. The summed E-state index contributed by atoms with van der Waals surface area (Å²) in [4.78, 5) is 13.8. The molecule has 0 N–H and O–H groups in total. The van der Waals surface area contributed by atoms with Gasteiger partial charge in [0, 0.05) is 4.91 Å². The number of hydrogen-bond acceptors (Lipinski definition) is 5. The van der Waals surface area contributed by atoms with Gasteiger partial charge < -0.3 is 9.47 Å². The van der Waals surface area contributed by atoms with Gasteiger partial charge in [-0.1, -0.05) is 44.7 Å². The number of carbonyl (C=O) groups is 1. The lowest BCUT2D eigenvalue weighted by molar-refractivity contribution is -0.135. The maximum atomic E-state index is 12.2. The van der Waals surface area contributed by atoms with E-state index in [-0.39, 0.29) is 11.9 Å². The first-order valence-electron chi connectivity index (χ1n) is 8.71. The second-order valence-corrected chi connectivity index (χ2v) is 7.89. The summed E-state index contributed by atoms with van der Waals surface area (Å²) >= 11 is 1.41. The van der Waals surface area contributed by atoms with Crippen molar-refractivity contribution in [2.24, 2.45) is 11.8 Å². The minimum Gasteiger partial charge on any atom is -0.492 e. The third-order valence-corrected chi connectivity index (χ3v) is 5.61. The molecule has 0 bridgehead atoms. The summed E-state index contributed by atoms with van der Waals surface area (Å²) in [6, 6.07) is 7.81. The lowest BCUT2D eigenvalue weighted by Crippen LogP contribution is -2.07. The molecule has 0 radical (unpaired) electrons. The Morgan fingerprint density at radius 2 is 2.15 bits per heavy atom. The van der Waals surface area contributed by atoms with E-state index in [0.29, 0.717) is 28.7 Å². The predicted molar refractivity (Wildman–Crippen MR) is 106 cm³/mol. The van der Waals surface area contributed by atoms with Crippen molar-refractivity contribution in [2.75, 3.05) is 13.7 Å². The van der Waals surface area contributed by atoms with Crippen LogP contribution < -0.4 is 4.74 Å². The van der Waals surface area contributed by atoms with E-state index >= 15 is 0 Å². The van der Waals surface area contributed by atoms with Gasteiger partial charge in [0.05, 0.1) is 24.2 Å². The highest BCUT2D eigenvalue weighted by Gasteiger charge is 2.23. The molecule has 138 valence electrons. The van der Waals surface area contributed by atoms with E-state index in [0.717, 1.165) is 22.5 Å². The number of hydrogen-bond donors (Lipinski definition) is 0. The number of allylic oxidation sites excluding steroid dienone is 2. The molecule has 0 aromatic heterocycles. The van der Waals surface area contributed by atoms with Crippen LogP contribution >= 0.6 is 11.8 Å². The average Bonchev–Trinajstić information content (AvgIpc) is 2.78. The number of esters is 1. The minimum absolute atomic E-state index is 0.262. The van der Waals surface area contributed by atoms with Gasteiger partial charge in [-0.2, -0.15) is 5.26 Å². The van der Waals surface area contributed by atoms with Crippen LogP contribution in [0.25, 0.3) is 4.91 Å². The highest BCUT2D eigenvalue weighted by Crippen LogP contribution is 2.42. The molecule has 1 unspecified atom stereocenters. The molecule has 5 heteroatoms. The highest BCUT2D eigenvalue weighted by atomic mass is 32.2. The summed E-state index contributed by atoms with van der Waals surface area (Å²) in [5.41, 5.74) is 2.44. The molecule has 0 saturated carbocycles. The predicted octanol–water partition coefficient (Wildman–Crippen LogP) is 5.15. The molecule has 2 rings (SSSR count). The third-order valence-electron chi connectivity index (χ3n) is 4.29. The second kappa shape index (κ2) is 8.95. The van der Waals surface area contributed by atoms with E-state index in [9.17, 15) is 10.1 Å². The number of methoxy groups -OCH3 is 1. The highest BCUT2D eigenvalue weighted by molar-refractivity contribution is 8.12. The molecule has 1 aliphatic heterocycles. The molecular formula is C21H25NO3S. The topological polar surface area (TPSA) is 59.3 Å². The van der Waals surface area contributed by atoms with Gasteiger partial charge in [0.2, 0.25) is 0 Å². The zero-order valence-electron chi connectivity index (χ0n) is 16.0. The van der Waals surface area contributed by atoms with Crippen LogP contribution in [0.2, 0.25) is 0 Å². The first-order chi connectivity index (χ1) is 12.4. The average molecular weight is 372 g/mol. The number of nitriles is 1. The number of benzene rings is 1. The molecule has 1 aromatic carbocycles. The largest absolute Gasteiger partial charge is 0.492 e. The first-order valence-corrected chi connectivity index (χ1v) is 9.53. The zero-order chi connectivity index (χ0) is 19.3. The summed E-state index contributed by atoms with van der Waals surface area (Å²) in [6.45, 7) is 8.78. The first kappa shape index (κ1) is 20.1. The summed E-state index contributed by atoms with van der Waals surface area (Å²) in [6.07, 6.45) is 2.96. The van der Waals surface area contributed by atoms with Crippen molar-refractivity contribution < 1.29 is 14.3 Å². The van der Waals surface area contributed by atoms with Crippen molar-refractivity contribution in [3.8, 4) is 11.8 Å². The number of rotatable bonds is 5. The molecule has 0 saturated heterocycles. The fourth-order valence-corrected chi connectivity index (χ4v) is 3.71. The van der Waals surface area contributed by atoms with E-state index in [2.05, 4.69) is 32.9 Å². The maximum Gasteiger partial charge on any atom is 0.344 e. The molecule has 1 heterocycles. The number of ether oxygens (including phenoxy) is 2. The van der Waals surface area contributed by atoms with Crippen LogP contribution in [-0.2, 0) is 9.53 Å². The smallest absolute Gasteiger partial charge is 0.344 e. The van der Waals surface area contributed by atoms with Crippen molar-refractivity contribution in [1.29, 1.82) is 5.26 Å². The monoisotopic (exact) mass is 371 g/mol. The summed E-state index contributed by atoms with van der Waals surface area (Å²) in [7, 11) is 1.40. The molecule has 26 heavy (non-hydrogen) atoms. The Morgan fingerprint density at radius 3 is 2.77 bits per heavy atom. The summed E-state index contributed by atoms with van der Waals surface area (Å²) < 4.78 is 10.7. The zero-order valence-corrected chi connectivity index (χ0v) is 16.8. The normalized spacial score (nSPS) is 17.4. The van der Waals surface area contributed by atoms with Gasteiger partial charge >= 0.3 is 5.97 Å². The number of thioether (sulfide) groups is 1. The molecule has 1 aliphatic rings. The van der Waals surface area contributed by atoms with Gasteiger partial charge in [-0.3, -0.25) is 0 Å². The Bertz CT molecular complexity index is 787. The van der Waals surface area contributed by atoms with Gasteiger partial charge in [0.25, 0.3) is 0 Å². The number of nitrogens with zero attached hydrogens (tertiary/aromatic N) is 1. The quantitative estimate of drug-likeness (QED) is 0.670. The molecule has 0 spiro atoms. The Morgan fingerprint density at radius 1 is 1.42 bits per heavy atom. The summed E-state index contributed by atoms with van der Waals surface area (Å²) in [5.74, 6) is 0.929. The SMILES string of the molecule is COC(=O)C1=C(C)C(C)CC=C(c2ccc(OCC(C)C)c(C#N)c2)S1. The van der Waals surface area contributed by atoms with Gasteiger partial charge in [0.1, 0.15) is 11.8 Å². The lowest BCUT2D eigenvalue weighted by atomic mass is 9.98. The van der Waals surface area contributed by atoms with Crippen molar-refractivity contribution in [1.82, 2.24) is 0 Å². The van der Waals surface area contributed by atoms with Gasteiger partial charge in [-0.05, 0) is 48.4 Å². The van der Waals surface area contributed by atoms with E-state index in [1.54, 1.807) is 0 Å². The Balaban J connectivity index is 2.35. The molecule has 0 fully saturated rings. The number of carbonyl (C=O) groups excluding carboxylic acids is 1. The van der Waals surface area contributed by atoms with Crippen molar-refractivity contribution in [2.45, 2.75) is 34.1 Å². The van der Waals surface area contributed by atoms with E-state index in [1.807, 2.05) is 25.1 Å². The van der Waals surface area contributed by atoms with Crippen molar-refractivity contribution >= 4 is 22.6 Å². The van der Waals surface area contributed by atoms with Crippen molar-refractivity contribution in [3.05, 3.63) is 45.9 Å². The molecule has 1 aromatic rings. The van der Waals surface area contributed by atoms with E-state index in [4.69, 9.17) is 9.47 Å². The van der Waals surface area contributed by atoms with Crippen LogP contribution in [0.4, 0.5) is 0 Å². The Hall–Kier alpha value is -2.19. The van der Waals surface area contributed by atoms with E-state index in [1.165, 1.54) is 18.9 Å². The van der Waals surface area contributed by atoms with Crippen LogP contribution in [0.5, 0.6) is 5.75 Å². The van der Waals surface area contributed by atoms with Gasteiger partial charge in [-0.25, -0.2) is 4.79 Å². The Labute approximate surface area is 159 Å².